The molecule has 2 rings (SSSR count). The lowest BCUT2D eigenvalue weighted by molar-refractivity contribution is 1.05. The molecule has 0 unspecified atom stereocenters. The first kappa shape index (κ1) is 8.84. The van der Waals surface area contributed by atoms with Crippen molar-refractivity contribution in [3.8, 4) is 11.1 Å². The molecule has 2 aromatic heterocycles. The molecule has 3 nitrogen and oxygen atoms in total. The van der Waals surface area contributed by atoms with Crippen molar-refractivity contribution in [2.45, 2.75) is 6.54 Å². The van der Waals surface area contributed by atoms with Crippen LogP contribution in [0.15, 0.2) is 43.0 Å². The number of hydrogen-bond donors (Lipinski definition) is 1. The molecule has 0 saturated carbocycles. The van der Waals surface area contributed by atoms with Gasteiger partial charge in [0.15, 0.2) is 0 Å². The highest BCUT2D eigenvalue weighted by Gasteiger charge is 1.98. The van der Waals surface area contributed by atoms with Crippen LogP contribution in [0.5, 0.6) is 0 Å². The molecule has 2 aromatic rings. The van der Waals surface area contributed by atoms with Crippen molar-refractivity contribution in [3.05, 3.63) is 48.5 Å². The molecular formula is C11H11N3. The van der Waals surface area contributed by atoms with E-state index in [0.717, 1.165) is 16.7 Å². The average Bonchev–Trinajstić information content (AvgIpc) is 2.30. The van der Waals surface area contributed by atoms with Crippen LogP contribution in [-0.2, 0) is 6.54 Å². The summed E-state index contributed by atoms with van der Waals surface area (Å²) in [5.74, 6) is 0. The molecule has 0 atom stereocenters. The topological polar surface area (TPSA) is 51.8 Å². The summed E-state index contributed by atoms with van der Waals surface area (Å²) in [4.78, 5) is 8.18. The number of nitrogens with zero attached hydrogens (tertiary/aromatic N) is 2. The zero-order valence-electron chi connectivity index (χ0n) is 7.72. The van der Waals surface area contributed by atoms with E-state index in [1.54, 1.807) is 12.4 Å². The van der Waals surface area contributed by atoms with Gasteiger partial charge in [0.25, 0.3) is 0 Å². The van der Waals surface area contributed by atoms with Crippen LogP contribution in [0.25, 0.3) is 11.1 Å². The van der Waals surface area contributed by atoms with Crippen LogP contribution < -0.4 is 5.73 Å². The second-order valence-electron chi connectivity index (χ2n) is 3.03. The van der Waals surface area contributed by atoms with Crippen LogP contribution in [-0.4, -0.2) is 9.97 Å². The molecule has 0 amide bonds. The Bertz CT molecular complexity index is 412. The van der Waals surface area contributed by atoms with E-state index in [-0.39, 0.29) is 0 Å². The predicted molar refractivity (Wildman–Crippen MR) is 55.4 cm³/mol. The standard InChI is InChI=1S/C11H11N3/c12-5-9-4-11(8-14-6-9)10-2-1-3-13-7-10/h1-4,6-8H,5,12H2. The Labute approximate surface area is 82.6 Å². The summed E-state index contributed by atoms with van der Waals surface area (Å²) >= 11 is 0. The van der Waals surface area contributed by atoms with Gasteiger partial charge >= 0.3 is 0 Å². The molecule has 2 heterocycles. The molecule has 0 aliphatic carbocycles. The monoisotopic (exact) mass is 185 g/mol. The normalized spacial score (nSPS) is 10.1. The molecule has 0 aliphatic heterocycles. The SMILES string of the molecule is NCc1cncc(-c2cccnc2)c1. The summed E-state index contributed by atoms with van der Waals surface area (Å²) in [5, 5.41) is 0. The number of pyridine rings is 2. The number of aromatic nitrogens is 2. The number of rotatable bonds is 2. The van der Waals surface area contributed by atoms with Gasteiger partial charge in [0, 0.05) is 42.5 Å². The lowest BCUT2D eigenvalue weighted by atomic mass is 10.1. The first-order chi connectivity index (χ1) is 6.90. The fourth-order valence-corrected chi connectivity index (χ4v) is 1.29. The molecule has 2 N–H and O–H groups in total. The summed E-state index contributed by atoms with van der Waals surface area (Å²) in [7, 11) is 0. The summed E-state index contributed by atoms with van der Waals surface area (Å²) < 4.78 is 0. The van der Waals surface area contributed by atoms with Gasteiger partial charge in [0.05, 0.1) is 0 Å². The number of hydrogen-bond acceptors (Lipinski definition) is 3. The van der Waals surface area contributed by atoms with Crippen LogP contribution >= 0.6 is 0 Å². The van der Waals surface area contributed by atoms with Gasteiger partial charge in [-0.25, -0.2) is 0 Å². The maximum absolute atomic E-state index is 5.54. The Morgan fingerprint density at radius 2 is 1.93 bits per heavy atom. The minimum absolute atomic E-state index is 0.515. The first-order valence-corrected chi connectivity index (χ1v) is 4.44. The molecule has 0 radical (unpaired) electrons. The molecule has 3 heteroatoms. The Morgan fingerprint density at radius 1 is 1.07 bits per heavy atom. The van der Waals surface area contributed by atoms with Gasteiger partial charge in [-0.1, -0.05) is 6.07 Å². The smallest absolute Gasteiger partial charge is 0.0347 e. The van der Waals surface area contributed by atoms with Crippen molar-refractivity contribution in [1.29, 1.82) is 0 Å². The van der Waals surface area contributed by atoms with E-state index >= 15 is 0 Å². The van der Waals surface area contributed by atoms with Gasteiger partial charge < -0.3 is 5.73 Å². The maximum atomic E-state index is 5.54. The molecule has 70 valence electrons. The van der Waals surface area contributed by atoms with Gasteiger partial charge in [-0.2, -0.15) is 0 Å². The largest absolute Gasteiger partial charge is 0.326 e. The number of nitrogens with two attached hydrogens (primary N) is 1. The fourth-order valence-electron chi connectivity index (χ4n) is 1.29. The van der Waals surface area contributed by atoms with Crippen molar-refractivity contribution < 1.29 is 0 Å². The van der Waals surface area contributed by atoms with E-state index in [1.165, 1.54) is 0 Å². The maximum Gasteiger partial charge on any atom is 0.0347 e. The molecule has 0 bridgehead atoms. The molecule has 0 aliphatic rings. The van der Waals surface area contributed by atoms with Crippen molar-refractivity contribution in [2.24, 2.45) is 5.73 Å². The fraction of sp³-hybridized carbons (Fsp3) is 0.0909. The zero-order chi connectivity index (χ0) is 9.80. The average molecular weight is 185 g/mol. The summed E-state index contributed by atoms with van der Waals surface area (Å²) in [6.07, 6.45) is 7.16. The predicted octanol–water partition coefficient (Wildman–Crippen LogP) is 1.60. The third-order valence-corrected chi connectivity index (χ3v) is 2.03. The second-order valence-corrected chi connectivity index (χ2v) is 3.03. The van der Waals surface area contributed by atoms with Crippen molar-refractivity contribution in [1.82, 2.24) is 9.97 Å². The quantitative estimate of drug-likeness (QED) is 0.773. The van der Waals surface area contributed by atoms with E-state index in [0.29, 0.717) is 6.54 Å². The Kier molecular flexibility index (Phi) is 2.51. The third-order valence-electron chi connectivity index (χ3n) is 2.03. The van der Waals surface area contributed by atoms with Gasteiger partial charge in [0.2, 0.25) is 0 Å². The molecule has 14 heavy (non-hydrogen) atoms. The van der Waals surface area contributed by atoms with Gasteiger partial charge in [-0.05, 0) is 17.7 Å². The molecular weight excluding hydrogens is 174 g/mol. The Balaban J connectivity index is 2.42. The van der Waals surface area contributed by atoms with Crippen molar-refractivity contribution in [2.75, 3.05) is 0 Å². The first-order valence-electron chi connectivity index (χ1n) is 4.44. The lowest BCUT2D eigenvalue weighted by Gasteiger charge is -2.01. The highest BCUT2D eigenvalue weighted by Crippen LogP contribution is 2.17. The van der Waals surface area contributed by atoms with E-state index in [2.05, 4.69) is 9.97 Å². The highest BCUT2D eigenvalue weighted by molar-refractivity contribution is 5.61. The summed E-state index contributed by atoms with van der Waals surface area (Å²) in [6.45, 7) is 0.515. The molecule has 0 saturated heterocycles. The highest BCUT2D eigenvalue weighted by atomic mass is 14.6. The van der Waals surface area contributed by atoms with Crippen LogP contribution in [0.2, 0.25) is 0 Å². The van der Waals surface area contributed by atoms with E-state index in [4.69, 9.17) is 5.73 Å². The van der Waals surface area contributed by atoms with Crippen molar-refractivity contribution in [3.63, 3.8) is 0 Å². The summed E-state index contributed by atoms with van der Waals surface area (Å²) in [6, 6.07) is 5.94. The van der Waals surface area contributed by atoms with Crippen LogP contribution in [0.1, 0.15) is 5.56 Å². The minimum Gasteiger partial charge on any atom is -0.326 e. The van der Waals surface area contributed by atoms with Crippen LogP contribution in [0.4, 0.5) is 0 Å². The second kappa shape index (κ2) is 3.98. The Morgan fingerprint density at radius 3 is 2.64 bits per heavy atom. The molecule has 0 aromatic carbocycles. The van der Waals surface area contributed by atoms with E-state index in [9.17, 15) is 0 Å². The zero-order valence-corrected chi connectivity index (χ0v) is 7.72. The summed E-state index contributed by atoms with van der Waals surface area (Å²) in [5.41, 5.74) is 8.70. The van der Waals surface area contributed by atoms with Gasteiger partial charge in [-0.3, -0.25) is 9.97 Å². The molecule has 0 fully saturated rings. The Hall–Kier alpha value is -1.74. The minimum atomic E-state index is 0.515. The van der Waals surface area contributed by atoms with E-state index < -0.39 is 0 Å². The third kappa shape index (κ3) is 1.78. The van der Waals surface area contributed by atoms with Crippen molar-refractivity contribution >= 4 is 0 Å². The van der Waals surface area contributed by atoms with E-state index in [1.807, 2.05) is 30.6 Å². The molecule has 0 spiro atoms. The van der Waals surface area contributed by atoms with Crippen LogP contribution in [0.3, 0.4) is 0 Å². The van der Waals surface area contributed by atoms with Gasteiger partial charge in [0.1, 0.15) is 0 Å². The van der Waals surface area contributed by atoms with Crippen LogP contribution in [0, 0.1) is 0 Å². The lowest BCUT2D eigenvalue weighted by Crippen LogP contribution is -1.97. The van der Waals surface area contributed by atoms with Gasteiger partial charge in [-0.15, -0.1) is 0 Å².